The second-order valence-corrected chi connectivity index (χ2v) is 5.36. The molecular weight excluding hydrogens is 246 g/mol. The SMILES string of the molecule is Cn1nc(CN(CCCl)C2CC2)c2ccccc21. The molecule has 1 heterocycles. The quantitative estimate of drug-likeness (QED) is 0.774. The topological polar surface area (TPSA) is 21.1 Å². The molecule has 96 valence electrons. The summed E-state index contributed by atoms with van der Waals surface area (Å²) in [6, 6.07) is 9.14. The van der Waals surface area contributed by atoms with Crippen molar-refractivity contribution >= 4 is 22.5 Å². The van der Waals surface area contributed by atoms with E-state index in [1.54, 1.807) is 0 Å². The lowest BCUT2D eigenvalue weighted by Crippen LogP contribution is -2.27. The summed E-state index contributed by atoms with van der Waals surface area (Å²) in [7, 11) is 2.01. The Kier molecular flexibility index (Phi) is 3.27. The summed E-state index contributed by atoms with van der Waals surface area (Å²) in [6.45, 7) is 1.87. The van der Waals surface area contributed by atoms with Crippen LogP contribution in [0.3, 0.4) is 0 Å². The van der Waals surface area contributed by atoms with Crippen molar-refractivity contribution in [1.29, 1.82) is 0 Å². The van der Waals surface area contributed by atoms with Crippen molar-refractivity contribution in [2.45, 2.75) is 25.4 Å². The molecule has 0 aliphatic heterocycles. The normalized spacial score (nSPS) is 15.7. The number of benzene rings is 1. The van der Waals surface area contributed by atoms with Crippen LogP contribution in [0.4, 0.5) is 0 Å². The monoisotopic (exact) mass is 263 g/mol. The van der Waals surface area contributed by atoms with Crippen molar-refractivity contribution < 1.29 is 0 Å². The van der Waals surface area contributed by atoms with Crippen molar-refractivity contribution in [3.05, 3.63) is 30.0 Å². The van der Waals surface area contributed by atoms with E-state index in [1.165, 1.54) is 29.4 Å². The first kappa shape index (κ1) is 12.0. The second-order valence-electron chi connectivity index (χ2n) is 4.98. The first-order chi connectivity index (χ1) is 8.79. The lowest BCUT2D eigenvalue weighted by molar-refractivity contribution is 0.268. The zero-order valence-corrected chi connectivity index (χ0v) is 11.4. The van der Waals surface area contributed by atoms with Gasteiger partial charge in [-0.05, 0) is 18.9 Å². The highest BCUT2D eigenvalue weighted by Crippen LogP contribution is 2.29. The number of hydrogen-bond acceptors (Lipinski definition) is 2. The molecule has 1 aromatic heterocycles. The van der Waals surface area contributed by atoms with E-state index in [-0.39, 0.29) is 0 Å². The molecule has 0 atom stereocenters. The number of nitrogens with zero attached hydrogens (tertiary/aromatic N) is 3. The summed E-state index contributed by atoms with van der Waals surface area (Å²) in [5.74, 6) is 0.696. The molecule has 3 rings (SSSR count). The van der Waals surface area contributed by atoms with Crippen molar-refractivity contribution in [1.82, 2.24) is 14.7 Å². The van der Waals surface area contributed by atoms with Crippen LogP contribution in [0.25, 0.3) is 10.9 Å². The zero-order chi connectivity index (χ0) is 12.5. The number of para-hydroxylation sites is 1. The van der Waals surface area contributed by atoms with Crippen LogP contribution in [0.2, 0.25) is 0 Å². The molecular formula is C14H18ClN3. The zero-order valence-electron chi connectivity index (χ0n) is 10.6. The molecule has 0 radical (unpaired) electrons. The number of halogens is 1. The number of aromatic nitrogens is 2. The van der Waals surface area contributed by atoms with Gasteiger partial charge in [-0.2, -0.15) is 5.10 Å². The Balaban J connectivity index is 1.89. The minimum absolute atomic E-state index is 0.696. The van der Waals surface area contributed by atoms with Crippen LogP contribution >= 0.6 is 11.6 Å². The van der Waals surface area contributed by atoms with E-state index in [2.05, 4.69) is 34.3 Å². The predicted molar refractivity (Wildman–Crippen MR) is 74.9 cm³/mol. The maximum absolute atomic E-state index is 5.89. The molecule has 1 aliphatic rings. The molecule has 1 saturated carbocycles. The van der Waals surface area contributed by atoms with Gasteiger partial charge in [0.05, 0.1) is 11.2 Å². The highest BCUT2D eigenvalue weighted by Gasteiger charge is 2.29. The Hall–Kier alpha value is -1.06. The van der Waals surface area contributed by atoms with Crippen LogP contribution in [-0.4, -0.2) is 33.1 Å². The van der Waals surface area contributed by atoms with Gasteiger partial charge in [-0.15, -0.1) is 11.6 Å². The van der Waals surface area contributed by atoms with E-state index in [9.17, 15) is 0 Å². The van der Waals surface area contributed by atoms with Gasteiger partial charge in [0.1, 0.15) is 0 Å². The third-order valence-corrected chi connectivity index (χ3v) is 3.79. The van der Waals surface area contributed by atoms with Gasteiger partial charge in [0.2, 0.25) is 0 Å². The maximum Gasteiger partial charge on any atom is 0.0843 e. The van der Waals surface area contributed by atoms with Crippen LogP contribution in [0.5, 0.6) is 0 Å². The highest BCUT2D eigenvalue weighted by atomic mass is 35.5. The molecule has 2 aromatic rings. The third kappa shape index (κ3) is 2.25. The molecule has 18 heavy (non-hydrogen) atoms. The average Bonchev–Trinajstić information content (AvgIpc) is 3.17. The molecule has 4 heteroatoms. The van der Waals surface area contributed by atoms with Gasteiger partial charge in [-0.25, -0.2) is 0 Å². The third-order valence-electron chi connectivity index (χ3n) is 3.62. The standard InChI is InChI=1S/C14H18ClN3/c1-17-14-5-3-2-4-12(14)13(16-17)10-18(9-8-15)11-6-7-11/h2-5,11H,6-10H2,1H3. The highest BCUT2D eigenvalue weighted by molar-refractivity contribution is 6.18. The molecule has 0 bridgehead atoms. The Bertz CT molecular complexity index is 545. The fourth-order valence-corrected chi connectivity index (χ4v) is 2.75. The molecule has 0 saturated heterocycles. The molecule has 3 nitrogen and oxygen atoms in total. The van der Waals surface area contributed by atoms with Crippen molar-refractivity contribution in [3.63, 3.8) is 0 Å². The summed E-state index contributed by atoms with van der Waals surface area (Å²) in [5.41, 5.74) is 2.37. The molecule has 1 aliphatic carbocycles. The largest absolute Gasteiger partial charge is 0.293 e. The smallest absolute Gasteiger partial charge is 0.0843 e. The lowest BCUT2D eigenvalue weighted by Gasteiger charge is -2.19. The van der Waals surface area contributed by atoms with Crippen molar-refractivity contribution in [3.8, 4) is 0 Å². The molecule has 0 amide bonds. The Morgan fingerprint density at radius 3 is 2.89 bits per heavy atom. The number of aryl methyl sites for hydroxylation is 1. The number of rotatable bonds is 5. The van der Waals surface area contributed by atoms with Crippen LogP contribution in [0.1, 0.15) is 18.5 Å². The fraction of sp³-hybridized carbons (Fsp3) is 0.500. The molecule has 1 fully saturated rings. The molecule has 0 N–H and O–H groups in total. The molecule has 0 spiro atoms. The summed E-state index contributed by atoms with van der Waals surface area (Å²) in [6.07, 6.45) is 2.61. The first-order valence-corrected chi connectivity index (χ1v) is 7.03. The van der Waals surface area contributed by atoms with Gasteiger partial charge in [0, 0.05) is 37.4 Å². The Morgan fingerprint density at radius 1 is 1.39 bits per heavy atom. The lowest BCUT2D eigenvalue weighted by atomic mass is 10.2. The minimum Gasteiger partial charge on any atom is -0.293 e. The van der Waals surface area contributed by atoms with Gasteiger partial charge >= 0.3 is 0 Å². The van der Waals surface area contributed by atoms with Gasteiger partial charge in [-0.3, -0.25) is 9.58 Å². The van der Waals surface area contributed by atoms with Crippen LogP contribution in [-0.2, 0) is 13.6 Å². The van der Waals surface area contributed by atoms with E-state index < -0.39 is 0 Å². The van der Waals surface area contributed by atoms with Crippen LogP contribution in [0.15, 0.2) is 24.3 Å². The van der Waals surface area contributed by atoms with Gasteiger partial charge in [0.15, 0.2) is 0 Å². The predicted octanol–water partition coefficient (Wildman–Crippen LogP) is 2.78. The van der Waals surface area contributed by atoms with E-state index in [4.69, 9.17) is 11.6 Å². The summed E-state index contributed by atoms with van der Waals surface area (Å²) in [4.78, 5) is 2.46. The van der Waals surface area contributed by atoms with Gasteiger partial charge in [-0.1, -0.05) is 18.2 Å². The Labute approximate surface area is 112 Å². The number of hydrogen-bond donors (Lipinski definition) is 0. The minimum atomic E-state index is 0.696. The second kappa shape index (κ2) is 4.90. The summed E-state index contributed by atoms with van der Waals surface area (Å²) >= 11 is 5.89. The van der Waals surface area contributed by atoms with Gasteiger partial charge in [0.25, 0.3) is 0 Å². The van der Waals surface area contributed by atoms with Crippen LogP contribution < -0.4 is 0 Å². The van der Waals surface area contributed by atoms with Crippen molar-refractivity contribution in [2.75, 3.05) is 12.4 Å². The number of fused-ring (bicyclic) bond motifs is 1. The molecule has 1 aromatic carbocycles. The van der Waals surface area contributed by atoms with Crippen LogP contribution in [0, 0.1) is 0 Å². The maximum atomic E-state index is 5.89. The molecule has 0 unspecified atom stereocenters. The van der Waals surface area contributed by atoms with Gasteiger partial charge < -0.3 is 0 Å². The van der Waals surface area contributed by atoms with E-state index in [0.29, 0.717) is 5.88 Å². The average molecular weight is 264 g/mol. The van der Waals surface area contributed by atoms with Crippen molar-refractivity contribution in [2.24, 2.45) is 7.05 Å². The summed E-state index contributed by atoms with van der Waals surface area (Å²) < 4.78 is 1.97. The number of alkyl halides is 1. The van der Waals surface area contributed by atoms with E-state index >= 15 is 0 Å². The Morgan fingerprint density at radius 2 is 2.17 bits per heavy atom. The van der Waals surface area contributed by atoms with E-state index in [1.807, 2.05) is 11.7 Å². The van der Waals surface area contributed by atoms with E-state index in [0.717, 1.165) is 19.1 Å². The summed E-state index contributed by atoms with van der Waals surface area (Å²) in [5, 5.41) is 5.92. The fourth-order valence-electron chi connectivity index (χ4n) is 2.54. The first-order valence-electron chi connectivity index (χ1n) is 6.50.